The summed E-state index contributed by atoms with van der Waals surface area (Å²) < 4.78 is 1.05. The van der Waals surface area contributed by atoms with Gasteiger partial charge in [0.1, 0.15) is 0 Å². The second-order valence-electron chi connectivity index (χ2n) is 4.85. The van der Waals surface area contributed by atoms with Crippen molar-refractivity contribution in [3.8, 4) is 0 Å². The van der Waals surface area contributed by atoms with Crippen LogP contribution < -0.4 is 0 Å². The maximum absolute atomic E-state index is 12.5. The van der Waals surface area contributed by atoms with Gasteiger partial charge in [0, 0.05) is 10.9 Å². The van der Waals surface area contributed by atoms with E-state index in [1.165, 1.54) is 11.3 Å². The molecule has 3 heteroatoms. The van der Waals surface area contributed by atoms with E-state index >= 15 is 0 Å². The Bertz CT molecular complexity index is 957. The lowest BCUT2D eigenvalue weighted by molar-refractivity contribution is 0.103. The summed E-state index contributed by atoms with van der Waals surface area (Å²) in [5.74, 6) is -0.0131. The van der Waals surface area contributed by atoms with E-state index in [1.54, 1.807) is 0 Å². The van der Waals surface area contributed by atoms with Gasteiger partial charge in [-0.2, -0.15) is 0 Å². The van der Waals surface area contributed by atoms with E-state index in [-0.39, 0.29) is 5.78 Å². The highest BCUT2D eigenvalue weighted by Crippen LogP contribution is 2.30. The van der Waals surface area contributed by atoms with E-state index in [4.69, 9.17) is 0 Å². The van der Waals surface area contributed by atoms with Gasteiger partial charge in [-0.3, -0.25) is 4.79 Å². The van der Waals surface area contributed by atoms with Gasteiger partial charge in [-0.05, 0) is 11.5 Å². The van der Waals surface area contributed by atoms with Crippen molar-refractivity contribution >= 4 is 38.1 Å². The number of carbonyl (C=O) groups excluding carboxylic acids is 1. The average molecular weight is 289 g/mol. The van der Waals surface area contributed by atoms with Crippen molar-refractivity contribution in [1.82, 2.24) is 4.98 Å². The van der Waals surface area contributed by atoms with E-state index in [2.05, 4.69) is 17.1 Å². The number of ketones is 1. The molecule has 100 valence electrons. The second kappa shape index (κ2) is 4.79. The number of nitrogens with zero attached hydrogens (tertiary/aromatic N) is 1. The summed E-state index contributed by atoms with van der Waals surface area (Å²) in [4.78, 5) is 17.1. The van der Waals surface area contributed by atoms with E-state index in [0.29, 0.717) is 10.6 Å². The van der Waals surface area contributed by atoms with Crippen LogP contribution in [0, 0.1) is 0 Å². The molecule has 0 radical (unpaired) electrons. The normalized spacial score (nSPS) is 11.0. The molecule has 4 aromatic rings. The zero-order chi connectivity index (χ0) is 14.2. The van der Waals surface area contributed by atoms with Crippen LogP contribution in [0.3, 0.4) is 0 Å². The van der Waals surface area contributed by atoms with Gasteiger partial charge in [0.25, 0.3) is 0 Å². The van der Waals surface area contributed by atoms with Gasteiger partial charge >= 0.3 is 0 Å². The van der Waals surface area contributed by atoms with Crippen LogP contribution in [-0.2, 0) is 0 Å². The molecule has 0 saturated heterocycles. The molecule has 0 aliphatic rings. The predicted molar refractivity (Wildman–Crippen MR) is 87.0 cm³/mol. The van der Waals surface area contributed by atoms with Gasteiger partial charge in [0.2, 0.25) is 5.78 Å². The fourth-order valence-corrected chi connectivity index (χ4v) is 3.42. The average Bonchev–Trinajstić information content (AvgIpc) is 2.99. The first-order chi connectivity index (χ1) is 10.3. The minimum Gasteiger partial charge on any atom is -0.286 e. The van der Waals surface area contributed by atoms with Gasteiger partial charge in [-0.1, -0.05) is 60.7 Å². The lowest BCUT2D eigenvalue weighted by Gasteiger charge is -1.96. The molecule has 3 aromatic carbocycles. The summed E-state index contributed by atoms with van der Waals surface area (Å²) in [5.41, 5.74) is 1.60. The molecular formula is C18H11NOS. The summed E-state index contributed by atoms with van der Waals surface area (Å²) in [6.45, 7) is 0. The Balaban J connectivity index is 1.91. The van der Waals surface area contributed by atoms with Gasteiger partial charge in [0.15, 0.2) is 5.01 Å². The maximum Gasteiger partial charge on any atom is 0.221 e. The highest BCUT2D eigenvalue weighted by Gasteiger charge is 2.15. The fourth-order valence-electron chi connectivity index (χ4n) is 2.47. The number of hydrogen-bond donors (Lipinski definition) is 0. The van der Waals surface area contributed by atoms with E-state index in [0.717, 1.165) is 21.0 Å². The maximum atomic E-state index is 12.5. The Morgan fingerprint density at radius 3 is 2.48 bits per heavy atom. The number of aromatic nitrogens is 1. The molecule has 1 aromatic heterocycles. The number of hydrogen-bond acceptors (Lipinski definition) is 3. The summed E-state index contributed by atoms with van der Waals surface area (Å²) in [5, 5.41) is 2.79. The fraction of sp³-hybridized carbons (Fsp3) is 0. The van der Waals surface area contributed by atoms with E-state index in [9.17, 15) is 4.79 Å². The predicted octanol–water partition coefficient (Wildman–Crippen LogP) is 4.68. The summed E-state index contributed by atoms with van der Waals surface area (Å²) in [6, 6.07) is 21.5. The molecule has 0 aliphatic carbocycles. The first-order valence-corrected chi connectivity index (χ1v) is 7.52. The van der Waals surface area contributed by atoms with Gasteiger partial charge in [-0.25, -0.2) is 4.98 Å². The Morgan fingerprint density at radius 1 is 0.857 bits per heavy atom. The van der Waals surface area contributed by atoms with E-state index < -0.39 is 0 Å². The third-order valence-electron chi connectivity index (χ3n) is 3.51. The molecule has 0 amide bonds. The largest absolute Gasteiger partial charge is 0.286 e. The van der Waals surface area contributed by atoms with Crippen molar-refractivity contribution in [2.75, 3.05) is 0 Å². The number of benzene rings is 3. The SMILES string of the molecule is O=C(c1ccccc1)c1nc2c(ccc3ccccc32)s1. The van der Waals surface area contributed by atoms with Crippen LogP contribution in [-0.4, -0.2) is 10.8 Å². The minimum atomic E-state index is -0.0131. The number of thiazole rings is 1. The molecule has 21 heavy (non-hydrogen) atoms. The molecule has 0 N–H and O–H groups in total. The third-order valence-corrected chi connectivity index (χ3v) is 4.53. The Morgan fingerprint density at radius 2 is 1.62 bits per heavy atom. The van der Waals surface area contributed by atoms with Crippen molar-refractivity contribution < 1.29 is 4.79 Å². The lowest BCUT2D eigenvalue weighted by Crippen LogP contribution is -1.99. The second-order valence-corrected chi connectivity index (χ2v) is 5.88. The minimum absolute atomic E-state index is 0.0131. The number of rotatable bonds is 2. The Hall–Kier alpha value is -2.52. The first-order valence-electron chi connectivity index (χ1n) is 6.71. The lowest BCUT2D eigenvalue weighted by atomic mass is 10.1. The van der Waals surface area contributed by atoms with Crippen LogP contribution in [0.2, 0.25) is 0 Å². The first kappa shape index (κ1) is 12.2. The monoisotopic (exact) mass is 289 g/mol. The summed E-state index contributed by atoms with van der Waals surface area (Å²) in [7, 11) is 0. The van der Waals surface area contributed by atoms with Crippen LogP contribution >= 0.6 is 11.3 Å². The zero-order valence-corrected chi connectivity index (χ0v) is 11.9. The zero-order valence-electron chi connectivity index (χ0n) is 11.1. The standard InChI is InChI=1S/C18H11NOS/c20-17(13-7-2-1-3-8-13)18-19-16-14-9-5-4-6-12(14)10-11-15(16)21-18/h1-11H. The molecule has 4 rings (SSSR count). The van der Waals surface area contributed by atoms with Crippen LogP contribution in [0.5, 0.6) is 0 Å². The molecule has 0 saturated carbocycles. The van der Waals surface area contributed by atoms with Crippen LogP contribution in [0.1, 0.15) is 15.4 Å². The number of fused-ring (bicyclic) bond motifs is 3. The van der Waals surface area contributed by atoms with Crippen LogP contribution in [0.4, 0.5) is 0 Å². The molecule has 0 fully saturated rings. The van der Waals surface area contributed by atoms with Crippen molar-refractivity contribution in [1.29, 1.82) is 0 Å². The quantitative estimate of drug-likeness (QED) is 0.501. The van der Waals surface area contributed by atoms with E-state index in [1.807, 2.05) is 54.6 Å². The molecule has 0 spiro atoms. The molecule has 1 heterocycles. The molecule has 0 atom stereocenters. The summed E-state index contributed by atoms with van der Waals surface area (Å²) in [6.07, 6.45) is 0. The van der Waals surface area contributed by atoms with Crippen molar-refractivity contribution in [3.63, 3.8) is 0 Å². The topological polar surface area (TPSA) is 30.0 Å². The molecule has 2 nitrogen and oxygen atoms in total. The Kier molecular flexibility index (Phi) is 2.79. The van der Waals surface area contributed by atoms with Gasteiger partial charge in [-0.15, -0.1) is 11.3 Å². The van der Waals surface area contributed by atoms with Crippen molar-refractivity contribution in [2.45, 2.75) is 0 Å². The highest BCUT2D eigenvalue weighted by molar-refractivity contribution is 7.20. The van der Waals surface area contributed by atoms with Gasteiger partial charge < -0.3 is 0 Å². The summed E-state index contributed by atoms with van der Waals surface area (Å²) >= 11 is 1.45. The molecular weight excluding hydrogens is 278 g/mol. The molecule has 0 bridgehead atoms. The van der Waals surface area contributed by atoms with Crippen molar-refractivity contribution in [2.24, 2.45) is 0 Å². The van der Waals surface area contributed by atoms with Crippen LogP contribution in [0.25, 0.3) is 21.0 Å². The van der Waals surface area contributed by atoms with Gasteiger partial charge in [0.05, 0.1) is 10.2 Å². The van der Waals surface area contributed by atoms with Crippen molar-refractivity contribution in [3.05, 3.63) is 77.3 Å². The third kappa shape index (κ3) is 2.03. The Labute approximate surface area is 125 Å². The van der Waals surface area contributed by atoms with Crippen LogP contribution in [0.15, 0.2) is 66.7 Å². The highest BCUT2D eigenvalue weighted by atomic mass is 32.1. The number of carbonyl (C=O) groups is 1. The molecule has 0 unspecified atom stereocenters. The smallest absolute Gasteiger partial charge is 0.221 e. The molecule has 0 aliphatic heterocycles.